The summed E-state index contributed by atoms with van der Waals surface area (Å²) >= 11 is 0. The van der Waals surface area contributed by atoms with Gasteiger partial charge < -0.3 is 19.3 Å². The van der Waals surface area contributed by atoms with Crippen molar-refractivity contribution in [3.63, 3.8) is 0 Å². The number of amides is 2. The summed E-state index contributed by atoms with van der Waals surface area (Å²) in [7, 11) is 0. The van der Waals surface area contributed by atoms with Gasteiger partial charge in [-0.15, -0.1) is 0 Å². The van der Waals surface area contributed by atoms with Crippen LogP contribution in [0.15, 0.2) is 54.6 Å². The van der Waals surface area contributed by atoms with Crippen LogP contribution in [0, 0.1) is 0 Å². The maximum absolute atomic E-state index is 13.4. The lowest BCUT2D eigenvalue weighted by Crippen LogP contribution is -2.56. The van der Waals surface area contributed by atoms with Crippen LogP contribution < -0.4 is 9.47 Å². The molecule has 2 aromatic rings. The number of likely N-dealkylation sites (tertiary alicyclic amines) is 1. The number of carbonyl (C=O) groups excluding carboxylic acids is 2. The molecule has 0 aliphatic carbocycles. The Balaban J connectivity index is 1.25. The van der Waals surface area contributed by atoms with Gasteiger partial charge in [0.15, 0.2) is 11.5 Å². The molecule has 2 atom stereocenters. The van der Waals surface area contributed by atoms with E-state index in [2.05, 4.69) is 4.90 Å². The van der Waals surface area contributed by atoms with Gasteiger partial charge in [-0.25, -0.2) is 0 Å². The molecule has 2 saturated heterocycles. The Morgan fingerprint density at radius 3 is 2.16 bits per heavy atom. The minimum Gasteiger partial charge on any atom is -0.485 e. The number of ether oxygens (including phenoxy) is 2. The SMILES string of the molecule is O=C([C@H](c1ccccc1)N1CCN(C(=O)[C@H]2COc3ccccc3O2)CC1)N1CCCC1. The molecule has 168 valence electrons. The van der Waals surface area contributed by atoms with Crippen LogP contribution in [0.3, 0.4) is 0 Å². The number of para-hydroxylation sites is 2. The Hall–Kier alpha value is -3.06. The molecule has 2 fully saturated rings. The van der Waals surface area contributed by atoms with Crippen molar-refractivity contribution in [1.29, 1.82) is 0 Å². The van der Waals surface area contributed by atoms with Crippen LogP contribution in [0.1, 0.15) is 24.4 Å². The van der Waals surface area contributed by atoms with Crippen LogP contribution in [0.2, 0.25) is 0 Å². The van der Waals surface area contributed by atoms with Crippen LogP contribution >= 0.6 is 0 Å². The average Bonchev–Trinajstić information content (AvgIpc) is 3.40. The van der Waals surface area contributed by atoms with Gasteiger partial charge in [-0.2, -0.15) is 0 Å². The molecule has 2 amide bonds. The van der Waals surface area contributed by atoms with Gasteiger partial charge in [-0.05, 0) is 30.5 Å². The van der Waals surface area contributed by atoms with Gasteiger partial charge in [0.2, 0.25) is 12.0 Å². The summed E-state index contributed by atoms with van der Waals surface area (Å²) in [5, 5.41) is 0. The van der Waals surface area contributed by atoms with Crippen molar-refractivity contribution in [3.8, 4) is 11.5 Å². The predicted octanol–water partition coefficient (Wildman–Crippen LogP) is 2.33. The number of fused-ring (bicyclic) bond motifs is 1. The van der Waals surface area contributed by atoms with Crippen molar-refractivity contribution in [2.45, 2.75) is 25.0 Å². The van der Waals surface area contributed by atoms with Gasteiger partial charge in [0.05, 0.1) is 0 Å². The number of nitrogens with zero attached hydrogens (tertiary/aromatic N) is 3. The van der Waals surface area contributed by atoms with Crippen molar-refractivity contribution >= 4 is 11.8 Å². The molecule has 0 radical (unpaired) electrons. The van der Waals surface area contributed by atoms with Crippen LogP contribution in [-0.2, 0) is 9.59 Å². The van der Waals surface area contributed by atoms with Crippen molar-refractivity contribution in [3.05, 3.63) is 60.2 Å². The monoisotopic (exact) mass is 435 g/mol. The highest BCUT2D eigenvalue weighted by Crippen LogP contribution is 2.32. The molecule has 3 aliphatic rings. The minimum absolute atomic E-state index is 0.0544. The second-order valence-electron chi connectivity index (χ2n) is 8.57. The Morgan fingerprint density at radius 2 is 1.44 bits per heavy atom. The summed E-state index contributed by atoms with van der Waals surface area (Å²) in [5.74, 6) is 1.40. The number of piperazine rings is 1. The molecule has 3 heterocycles. The third-order valence-electron chi connectivity index (χ3n) is 6.54. The van der Waals surface area contributed by atoms with Gasteiger partial charge in [0.25, 0.3) is 5.91 Å². The summed E-state index contributed by atoms with van der Waals surface area (Å²) in [5.41, 5.74) is 1.02. The van der Waals surface area contributed by atoms with E-state index in [-0.39, 0.29) is 24.5 Å². The largest absolute Gasteiger partial charge is 0.485 e. The molecule has 5 rings (SSSR count). The highest BCUT2D eigenvalue weighted by Gasteiger charge is 2.37. The summed E-state index contributed by atoms with van der Waals surface area (Å²) in [6.45, 7) is 4.32. The fraction of sp³-hybridized carbons (Fsp3) is 0.440. The van der Waals surface area contributed by atoms with Gasteiger partial charge in [-0.1, -0.05) is 42.5 Å². The van der Waals surface area contributed by atoms with E-state index in [4.69, 9.17) is 9.47 Å². The molecule has 3 aliphatic heterocycles. The van der Waals surface area contributed by atoms with Crippen molar-refractivity contribution in [2.75, 3.05) is 45.9 Å². The number of carbonyl (C=O) groups is 2. The Kier molecular flexibility index (Phi) is 5.99. The molecule has 0 unspecified atom stereocenters. The summed E-state index contributed by atoms with van der Waals surface area (Å²) in [6, 6.07) is 17.1. The molecule has 2 aromatic carbocycles. The summed E-state index contributed by atoms with van der Waals surface area (Å²) < 4.78 is 11.6. The molecular formula is C25H29N3O4. The summed E-state index contributed by atoms with van der Waals surface area (Å²) in [6.07, 6.45) is 1.51. The second kappa shape index (κ2) is 9.20. The van der Waals surface area contributed by atoms with Crippen molar-refractivity contribution in [1.82, 2.24) is 14.7 Å². The number of hydrogen-bond donors (Lipinski definition) is 0. The average molecular weight is 436 g/mol. The molecule has 0 N–H and O–H groups in total. The highest BCUT2D eigenvalue weighted by molar-refractivity contribution is 5.84. The van der Waals surface area contributed by atoms with Gasteiger partial charge in [-0.3, -0.25) is 14.5 Å². The van der Waals surface area contributed by atoms with E-state index in [1.807, 2.05) is 64.4 Å². The molecule has 7 heteroatoms. The Bertz CT molecular complexity index is 953. The first-order valence-corrected chi connectivity index (χ1v) is 11.5. The zero-order valence-corrected chi connectivity index (χ0v) is 18.2. The highest BCUT2D eigenvalue weighted by atomic mass is 16.6. The standard InChI is InChI=1S/C25H29N3O4/c29-24(22-18-31-20-10-4-5-11-21(20)32-22)28-16-14-26(15-17-28)23(19-8-2-1-3-9-19)25(30)27-12-6-7-13-27/h1-5,8-11,22-23H,6-7,12-18H2/t22-,23+/m1/s1. The topological polar surface area (TPSA) is 62.3 Å². The van der Waals surface area contributed by atoms with Gasteiger partial charge >= 0.3 is 0 Å². The van der Waals surface area contributed by atoms with E-state index in [0.29, 0.717) is 37.7 Å². The lowest BCUT2D eigenvalue weighted by atomic mass is 10.0. The number of benzene rings is 2. The van der Waals surface area contributed by atoms with E-state index in [1.165, 1.54) is 0 Å². The van der Waals surface area contributed by atoms with E-state index < -0.39 is 6.10 Å². The van der Waals surface area contributed by atoms with Crippen molar-refractivity contribution in [2.24, 2.45) is 0 Å². The van der Waals surface area contributed by atoms with Crippen LogP contribution in [-0.4, -0.2) is 78.5 Å². The second-order valence-corrected chi connectivity index (χ2v) is 8.57. The van der Waals surface area contributed by atoms with E-state index in [0.717, 1.165) is 31.5 Å². The van der Waals surface area contributed by atoms with Crippen LogP contribution in [0.4, 0.5) is 0 Å². The molecule has 7 nitrogen and oxygen atoms in total. The number of hydrogen-bond acceptors (Lipinski definition) is 5. The van der Waals surface area contributed by atoms with E-state index in [1.54, 1.807) is 0 Å². The third kappa shape index (κ3) is 4.17. The first-order chi connectivity index (χ1) is 15.7. The molecular weight excluding hydrogens is 406 g/mol. The van der Waals surface area contributed by atoms with E-state index >= 15 is 0 Å². The zero-order chi connectivity index (χ0) is 21.9. The maximum Gasteiger partial charge on any atom is 0.267 e. The Morgan fingerprint density at radius 1 is 0.781 bits per heavy atom. The molecule has 0 spiro atoms. The molecule has 0 aromatic heterocycles. The maximum atomic E-state index is 13.4. The summed E-state index contributed by atoms with van der Waals surface area (Å²) in [4.78, 5) is 32.5. The Labute approximate surface area is 188 Å². The molecule has 0 saturated carbocycles. The first kappa shape index (κ1) is 20.8. The van der Waals surface area contributed by atoms with Gasteiger partial charge in [0.1, 0.15) is 12.6 Å². The van der Waals surface area contributed by atoms with Crippen molar-refractivity contribution < 1.29 is 19.1 Å². The zero-order valence-electron chi connectivity index (χ0n) is 18.2. The van der Waals surface area contributed by atoms with Crippen LogP contribution in [0.25, 0.3) is 0 Å². The minimum atomic E-state index is -0.632. The lowest BCUT2D eigenvalue weighted by Gasteiger charge is -2.41. The predicted molar refractivity (Wildman–Crippen MR) is 120 cm³/mol. The first-order valence-electron chi connectivity index (χ1n) is 11.5. The van der Waals surface area contributed by atoms with Gasteiger partial charge in [0, 0.05) is 39.3 Å². The fourth-order valence-corrected chi connectivity index (χ4v) is 4.80. The fourth-order valence-electron chi connectivity index (χ4n) is 4.80. The third-order valence-corrected chi connectivity index (χ3v) is 6.54. The molecule has 0 bridgehead atoms. The quantitative estimate of drug-likeness (QED) is 0.738. The van der Waals surface area contributed by atoms with Crippen LogP contribution in [0.5, 0.6) is 11.5 Å². The smallest absolute Gasteiger partial charge is 0.267 e. The number of rotatable bonds is 4. The molecule has 32 heavy (non-hydrogen) atoms. The normalized spacial score (nSPS) is 21.9. The van der Waals surface area contributed by atoms with E-state index in [9.17, 15) is 9.59 Å². The lowest BCUT2D eigenvalue weighted by molar-refractivity contribution is -0.144.